The minimum Gasteiger partial charge on any atom is -0.387 e. The van der Waals surface area contributed by atoms with Gasteiger partial charge < -0.3 is 14.6 Å². The lowest BCUT2D eigenvalue weighted by Gasteiger charge is -2.19. The fourth-order valence-corrected chi connectivity index (χ4v) is 3.47. The molecule has 0 radical (unpaired) electrons. The van der Waals surface area contributed by atoms with Gasteiger partial charge in [0.25, 0.3) is 0 Å². The van der Waals surface area contributed by atoms with Gasteiger partial charge in [-0.1, -0.05) is 0 Å². The van der Waals surface area contributed by atoms with E-state index in [1.54, 1.807) is 4.57 Å². The molecule has 1 aliphatic heterocycles. The molecule has 3 rings (SSSR count). The van der Waals surface area contributed by atoms with E-state index in [-0.39, 0.29) is 0 Å². The molecule has 2 heterocycles. The molecule has 0 aliphatic carbocycles. The number of halogens is 2. The number of likely N-dealkylation sites (tertiary alicyclic amines) is 1. The first-order valence-corrected chi connectivity index (χ1v) is 8.02. The van der Waals surface area contributed by atoms with Crippen molar-refractivity contribution in [3.8, 4) is 5.69 Å². The van der Waals surface area contributed by atoms with Crippen LogP contribution in [-0.4, -0.2) is 34.2 Å². The van der Waals surface area contributed by atoms with E-state index in [1.165, 1.54) is 25.0 Å². The lowest BCUT2D eigenvalue weighted by Crippen LogP contribution is -2.25. The number of β-amino-alcohol motifs (C(OH)–C–C–N with tert-alkyl or cyclic N) is 1. The lowest BCUT2D eigenvalue weighted by molar-refractivity contribution is 0.125. The van der Waals surface area contributed by atoms with Crippen molar-refractivity contribution >= 4 is 0 Å². The highest BCUT2D eigenvalue weighted by atomic mass is 19.1. The Balaban J connectivity index is 1.92. The number of aliphatic hydroxyl groups excluding tert-OH is 1. The molecule has 1 atom stereocenters. The second-order valence-corrected chi connectivity index (χ2v) is 6.28. The van der Waals surface area contributed by atoms with Gasteiger partial charge in [0.05, 0.1) is 11.8 Å². The fourth-order valence-electron chi connectivity index (χ4n) is 3.47. The van der Waals surface area contributed by atoms with Crippen LogP contribution in [0.4, 0.5) is 8.78 Å². The van der Waals surface area contributed by atoms with Gasteiger partial charge in [-0.3, -0.25) is 0 Å². The minimum absolute atomic E-state index is 0.307. The molecule has 1 fully saturated rings. The van der Waals surface area contributed by atoms with Crippen LogP contribution in [0.1, 0.15) is 35.9 Å². The Hall–Kier alpha value is -1.72. The molecular formula is C18H22F2N2O. The molecule has 1 saturated heterocycles. The van der Waals surface area contributed by atoms with Crippen LogP contribution < -0.4 is 0 Å². The smallest absolute Gasteiger partial charge is 0.150 e. The number of hydrogen-bond donors (Lipinski definition) is 1. The maximum Gasteiger partial charge on any atom is 0.150 e. The number of hydrogen-bond acceptors (Lipinski definition) is 2. The quantitative estimate of drug-likeness (QED) is 0.934. The summed E-state index contributed by atoms with van der Waals surface area (Å²) in [6.07, 6.45) is 1.75. The zero-order valence-electron chi connectivity index (χ0n) is 13.5. The van der Waals surface area contributed by atoms with Crippen LogP contribution in [0.3, 0.4) is 0 Å². The van der Waals surface area contributed by atoms with Gasteiger partial charge in [-0.2, -0.15) is 0 Å². The Labute approximate surface area is 135 Å². The van der Waals surface area contributed by atoms with Crippen molar-refractivity contribution in [2.24, 2.45) is 0 Å². The molecule has 0 bridgehead atoms. The molecular weight excluding hydrogens is 298 g/mol. The summed E-state index contributed by atoms with van der Waals surface area (Å²) in [6, 6.07) is 5.45. The molecule has 2 aromatic rings. The second-order valence-electron chi connectivity index (χ2n) is 6.28. The van der Waals surface area contributed by atoms with Crippen LogP contribution in [0.25, 0.3) is 5.69 Å². The van der Waals surface area contributed by atoms with E-state index in [9.17, 15) is 13.9 Å². The molecule has 0 spiro atoms. The van der Waals surface area contributed by atoms with Crippen LogP contribution in [0.15, 0.2) is 24.3 Å². The molecule has 1 aromatic heterocycles. The molecule has 1 aliphatic rings. The molecule has 1 N–H and O–H groups in total. The highest BCUT2D eigenvalue weighted by Crippen LogP contribution is 2.28. The van der Waals surface area contributed by atoms with E-state index in [1.807, 2.05) is 19.9 Å². The van der Waals surface area contributed by atoms with Gasteiger partial charge in [0.2, 0.25) is 0 Å². The number of aromatic nitrogens is 1. The number of benzene rings is 1. The fraction of sp³-hybridized carbons (Fsp3) is 0.444. The van der Waals surface area contributed by atoms with Crippen molar-refractivity contribution < 1.29 is 13.9 Å². The first-order valence-electron chi connectivity index (χ1n) is 8.02. The van der Waals surface area contributed by atoms with Crippen LogP contribution in [0.2, 0.25) is 0 Å². The van der Waals surface area contributed by atoms with Crippen molar-refractivity contribution in [2.45, 2.75) is 32.8 Å². The number of aryl methyl sites for hydroxylation is 1. The maximum atomic E-state index is 14.1. The van der Waals surface area contributed by atoms with Gasteiger partial charge >= 0.3 is 0 Å². The third-order valence-corrected chi connectivity index (χ3v) is 4.61. The van der Waals surface area contributed by atoms with Crippen LogP contribution >= 0.6 is 0 Å². The number of nitrogens with zero attached hydrogens (tertiary/aromatic N) is 2. The van der Waals surface area contributed by atoms with Crippen LogP contribution in [0, 0.1) is 25.5 Å². The molecule has 0 saturated carbocycles. The largest absolute Gasteiger partial charge is 0.387 e. The third kappa shape index (κ3) is 3.16. The van der Waals surface area contributed by atoms with E-state index in [0.29, 0.717) is 12.2 Å². The Morgan fingerprint density at radius 1 is 1.13 bits per heavy atom. The second kappa shape index (κ2) is 6.42. The molecule has 124 valence electrons. The Kier molecular flexibility index (Phi) is 4.50. The average molecular weight is 320 g/mol. The zero-order valence-corrected chi connectivity index (χ0v) is 13.5. The summed E-state index contributed by atoms with van der Waals surface area (Å²) in [5, 5.41) is 10.6. The van der Waals surface area contributed by atoms with Crippen LogP contribution in [0.5, 0.6) is 0 Å². The van der Waals surface area contributed by atoms with Gasteiger partial charge in [-0.15, -0.1) is 0 Å². The average Bonchev–Trinajstić information content (AvgIpc) is 3.09. The molecule has 3 nitrogen and oxygen atoms in total. The van der Waals surface area contributed by atoms with E-state index in [2.05, 4.69) is 4.90 Å². The topological polar surface area (TPSA) is 28.4 Å². The maximum absolute atomic E-state index is 14.1. The predicted molar refractivity (Wildman–Crippen MR) is 85.8 cm³/mol. The van der Waals surface area contributed by atoms with Crippen molar-refractivity contribution in [1.82, 2.24) is 9.47 Å². The first kappa shape index (κ1) is 16.1. The van der Waals surface area contributed by atoms with Crippen molar-refractivity contribution in [2.75, 3.05) is 19.6 Å². The Bertz CT molecular complexity index is 705. The Morgan fingerprint density at radius 3 is 2.48 bits per heavy atom. The molecule has 1 unspecified atom stereocenters. The summed E-state index contributed by atoms with van der Waals surface area (Å²) in [5.74, 6) is -1.20. The lowest BCUT2D eigenvalue weighted by atomic mass is 10.1. The standard InChI is InChI=1S/C18H22F2N2O/c1-12-9-15(18(23)11-21-7-3-4-8-21)13(2)22(12)17-6-5-14(19)10-16(17)20/h5-6,9-10,18,23H,3-4,7-8,11H2,1-2H3. The van der Waals surface area contributed by atoms with E-state index >= 15 is 0 Å². The third-order valence-electron chi connectivity index (χ3n) is 4.61. The van der Waals surface area contributed by atoms with Gasteiger partial charge in [0.1, 0.15) is 11.6 Å². The summed E-state index contributed by atoms with van der Waals surface area (Å²) in [7, 11) is 0. The highest BCUT2D eigenvalue weighted by Gasteiger charge is 2.22. The summed E-state index contributed by atoms with van der Waals surface area (Å²) < 4.78 is 29.0. The van der Waals surface area contributed by atoms with Crippen LogP contribution in [-0.2, 0) is 0 Å². The zero-order chi connectivity index (χ0) is 16.6. The first-order chi connectivity index (χ1) is 11.0. The van der Waals surface area contributed by atoms with Crippen molar-refractivity contribution in [3.63, 3.8) is 0 Å². The summed E-state index contributed by atoms with van der Waals surface area (Å²) in [5.41, 5.74) is 2.72. The van der Waals surface area contributed by atoms with E-state index in [4.69, 9.17) is 0 Å². The van der Waals surface area contributed by atoms with Gasteiger partial charge in [0.15, 0.2) is 0 Å². The number of rotatable bonds is 4. The summed E-state index contributed by atoms with van der Waals surface area (Å²) in [4.78, 5) is 2.25. The van der Waals surface area contributed by atoms with E-state index in [0.717, 1.165) is 36.1 Å². The monoisotopic (exact) mass is 320 g/mol. The SMILES string of the molecule is Cc1cc(C(O)CN2CCCC2)c(C)n1-c1ccc(F)cc1F. The predicted octanol–water partition coefficient (Wildman–Crippen LogP) is 3.50. The van der Waals surface area contributed by atoms with Crippen molar-refractivity contribution in [1.29, 1.82) is 0 Å². The Morgan fingerprint density at radius 2 is 1.83 bits per heavy atom. The summed E-state index contributed by atoms with van der Waals surface area (Å²) >= 11 is 0. The van der Waals surface area contributed by atoms with E-state index < -0.39 is 17.7 Å². The molecule has 5 heteroatoms. The molecule has 23 heavy (non-hydrogen) atoms. The normalized spacial score (nSPS) is 16.9. The van der Waals surface area contributed by atoms with Gasteiger partial charge in [-0.25, -0.2) is 8.78 Å². The van der Waals surface area contributed by atoms with Crippen molar-refractivity contribution in [3.05, 3.63) is 52.9 Å². The van der Waals surface area contributed by atoms with Gasteiger partial charge in [-0.05, 0) is 58.0 Å². The molecule has 1 aromatic carbocycles. The highest BCUT2D eigenvalue weighted by molar-refractivity contribution is 5.43. The minimum atomic E-state index is -0.604. The van der Waals surface area contributed by atoms with Gasteiger partial charge in [0, 0.05) is 29.6 Å². The summed E-state index contributed by atoms with van der Waals surface area (Å²) in [6.45, 7) is 6.35. The number of aliphatic hydroxyl groups is 1. The molecule has 0 amide bonds.